The molecule has 3 atom stereocenters. The van der Waals surface area contributed by atoms with Crippen LogP contribution in [0, 0.1) is 11.3 Å². The van der Waals surface area contributed by atoms with Gasteiger partial charge in [0, 0.05) is 23.5 Å². The van der Waals surface area contributed by atoms with Crippen LogP contribution >= 0.6 is 31.9 Å². The highest BCUT2D eigenvalue weighted by atomic mass is 79.9. The monoisotopic (exact) mass is 532 g/mol. The number of methoxy groups -OCH3 is 1. The Balaban J connectivity index is 2.32. The topological polar surface area (TPSA) is 146 Å². The maximum Gasteiger partial charge on any atom is 0.229 e. The van der Waals surface area contributed by atoms with Crippen LogP contribution in [0.4, 0.5) is 17.5 Å². The normalized spacial score (nSPS) is 14.0. The van der Waals surface area contributed by atoms with Gasteiger partial charge >= 0.3 is 0 Å². The number of nitrogens with one attached hydrogen (secondary N) is 2. The summed E-state index contributed by atoms with van der Waals surface area (Å²) in [7, 11) is -0.264. The Kier molecular flexibility index (Phi) is 8.29. The van der Waals surface area contributed by atoms with E-state index in [0.29, 0.717) is 20.5 Å². The van der Waals surface area contributed by atoms with E-state index in [0.717, 1.165) is 0 Å². The van der Waals surface area contributed by atoms with Crippen LogP contribution in [0.15, 0.2) is 32.2 Å². The van der Waals surface area contributed by atoms with Crippen LogP contribution < -0.4 is 15.8 Å². The number of aromatic nitrogens is 2. The lowest BCUT2D eigenvalue weighted by Crippen LogP contribution is -2.36. The molecule has 0 saturated carbocycles. The molecule has 0 fully saturated rings. The fraction of sp³-hybridized carbons (Fsp3) is 0.312. The van der Waals surface area contributed by atoms with Gasteiger partial charge in [-0.1, -0.05) is 0 Å². The second-order valence-electron chi connectivity index (χ2n) is 5.71. The van der Waals surface area contributed by atoms with Crippen molar-refractivity contribution in [1.29, 1.82) is 5.26 Å². The summed E-state index contributed by atoms with van der Waals surface area (Å²) in [6.45, 7) is 1.93. The third-order valence-corrected chi connectivity index (χ3v) is 5.93. The maximum absolute atomic E-state index is 11.6. The minimum absolute atomic E-state index is 0.169. The van der Waals surface area contributed by atoms with Crippen LogP contribution in [0.3, 0.4) is 0 Å². The Morgan fingerprint density at radius 3 is 2.71 bits per heavy atom. The number of aliphatic hydroxyl groups excluding tert-OH is 1. The number of ether oxygens (including phenoxy) is 1. The van der Waals surface area contributed by atoms with Crippen LogP contribution in [0.2, 0.25) is 0 Å². The van der Waals surface area contributed by atoms with Gasteiger partial charge in [-0.05, 0) is 50.9 Å². The molecule has 0 bridgehead atoms. The smallest absolute Gasteiger partial charge is 0.229 e. The van der Waals surface area contributed by atoms with E-state index in [1.165, 1.54) is 6.07 Å². The van der Waals surface area contributed by atoms with Gasteiger partial charge in [0.1, 0.15) is 22.9 Å². The quantitative estimate of drug-likeness (QED) is 0.404. The Hall–Kier alpha value is -1.62. The lowest BCUT2D eigenvalue weighted by Gasteiger charge is -2.22. The molecule has 0 spiro atoms. The molecule has 0 radical (unpaired) electrons. The highest BCUT2D eigenvalue weighted by Crippen LogP contribution is 2.29. The molecule has 2 aromatic rings. The van der Waals surface area contributed by atoms with Crippen molar-refractivity contribution >= 4 is 60.3 Å². The van der Waals surface area contributed by atoms with E-state index in [1.54, 1.807) is 26.3 Å². The lowest BCUT2D eigenvalue weighted by molar-refractivity contribution is 0.106. The van der Waals surface area contributed by atoms with Crippen LogP contribution in [-0.2, 0) is 15.7 Å². The second kappa shape index (κ2) is 10.2. The van der Waals surface area contributed by atoms with Gasteiger partial charge in [-0.25, -0.2) is 14.3 Å². The second-order valence-corrected chi connectivity index (χ2v) is 8.42. The summed E-state index contributed by atoms with van der Waals surface area (Å²) in [6, 6.07) is 4.73. The highest BCUT2D eigenvalue weighted by Gasteiger charge is 2.18. The molecule has 5 N–H and O–H groups in total. The molecule has 1 aromatic carbocycles. The molecule has 2 rings (SSSR count). The molecule has 9 nitrogen and oxygen atoms in total. The SMILES string of the molecule is COC[C@@H](Nc1nc(Nc2cc(Br)c(S(N)=O)c(C#N)c2)ncc1Br)[C@@H](C)O. The van der Waals surface area contributed by atoms with Gasteiger partial charge in [0.05, 0.1) is 33.7 Å². The van der Waals surface area contributed by atoms with Crippen LogP contribution in [-0.4, -0.2) is 45.1 Å². The first kappa shape index (κ1) is 22.7. The lowest BCUT2D eigenvalue weighted by atomic mass is 10.2. The fourth-order valence-corrected chi connectivity index (χ4v) is 4.08. The van der Waals surface area contributed by atoms with E-state index < -0.39 is 17.1 Å². The zero-order chi connectivity index (χ0) is 20.8. The first-order chi connectivity index (χ1) is 13.3. The Morgan fingerprint density at radius 2 is 2.14 bits per heavy atom. The highest BCUT2D eigenvalue weighted by molar-refractivity contribution is 9.10. The van der Waals surface area contributed by atoms with E-state index in [4.69, 9.17) is 9.88 Å². The number of nitriles is 1. The minimum Gasteiger partial charge on any atom is -0.391 e. The van der Waals surface area contributed by atoms with Crippen molar-refractivity contribution in [2.75, 3.05) is 24.4 Å². The van der Waals surface area contributed by atoms with Gasteiger partial charge in [0.25, 0.3) is 0 Å². The summed E-state index contributed by atoms with van der Waals surface area (Å²) in [5.74, 6) is 0.713. The van der Waals surface area contributed by atoms with E-state index >= 15 is 0 Å². The van der Waals surface area contributed by atoms with Crippen molar-refractivity contribution in [1.82, 2.24) is 9.97 Å². The number of nitrogens with zero attached hydrogens (tertiary/aromatic N) is 3. The summed E-state index contributed by atoms with van der Waals surface area (Å²) >= 11 is 6.65. The molecule has 1 unspecified atom stereocenters. The molecule has 0 saturated heterocycles. The largest absolute Gasteiger partial charge is 0.391 e. The average molecular weight is 534 g/mol. The van der Waals surface area contributed by atoms with Crippen molar-refractivity contribution in [3.05, 3.63) is 32.8 Å². The number of anilines is 3. The summed E-state index contributed by atoms with van der Waals surface area (Å²) in [4.78, 5) is 8.79. The summed E-state index contributed by atoms with van der Waals surface area (Å²) in [5.41, 5.74) is 0.678. The molecule has 0 aliphatic heterocycles. The number of nitrogens with two attached hydrogens (primary N) is 1. The first-order valence-corrected chi connectivity index (χ1v) is 10.7. The Labute approximate surface area is 181 Å². The van der Waals surface area contributed by atoms with Gasteiger partial charge in [-0.3, -0.25) is 0 Å². The molecular weight excluding hydrogens is 516 g/mol. The molecule has 12 heteroatoms. The van der Waals surface area contributed by atoms with Gasteiger partial charge in [0.2, 0.25) is 5.95 Å². The maximum atomic E-state index is 11.6. The standard InChI is InChI=1S/C16H18Br2N6O3S/c1-8(25)13(7-27-2)23-15-12(18)6-21-16(24-15)22-10-3-9(5-19)14(28(20)26)11(17)4-10/h3-4,6,8,13,25H,7,20H2,1-2H3,(H2,21,22,23,24)/t8-,13-,28?/m1/s1. The fourth-order valence-electron chi connectivity index (χ4n) is 2.27. The van der Waals surface area contributed by atoms with Crippen LogP contribution in [0.1, 0.15) is 12.5 Å². The molecule has 0 aliphatic rings. The number of halogens is 2. The van der Waals surface area contributed by atoms with Crippen molar-refractivity contribution in [2.24, 2.45) is 5.14 Å². The van der Waals surface area contributed by atoms with Gasteiger partial charge in [-0.2, -0.15) is 10.2 Å². The number of aliphatic hydroxyl groups is 1. The van der Waals surface area contributed by atoms with Gasteiger partial charge < -0.3 is 20.5 Å². The predicted octanol–water partition coefficient (Wildman–Crippen LogP) is 2.41. The third kappa shape index (κ3) is 5.69. The van der Waals surface area contributed by atoms with Crippen molar-refractivity contribution in [3.63, 3.8) is 0 Å². The molecule has 0 amide bonds. The zero-order valence-electron chi connectivity index (χ0n) is 14.9. The molecule has 0 aliphatic carbocycles. The average Bonchev–Trinajstić information content (AvgIpc) is 2.62. The van der Waals surface area contributed by atoms with Crippen molar-refractivity contribution in [3.8, 4) is 6.07 Å². The number of hydrogen-bond acceptors (Lipinski definition) is 8. The van der Waals surface area contributed by atoms with Crippen molar-refractivity contribution < 1.29 is 14.1 Å². The summed E-state index contributed by atoms with van der Waals surface area (Å²) in [5, 5.41) is 30.7. The van der Waals surface area contributed by atoms with E-state index in [-0.39, 0.29) is 29.1 Å². The third-order valence-electron chi connectivity index (χ3n) is 3.62. The Bertz CT molecular complexity index is 922. The number of hydrogen-bond donors (Lipinski definition) is 4. The van der Waals surface area contributed by atoms with Gasteiger partial charge in [-0.15, -0.1) is 0 Å². The predicted molar refractivity (Wildman–Crippen MR) is 113 cm³/mol. The molecule has 150 valence electrons. The van der Waals surface area contributed by atoms with Crippen molar-refractivity contribution in [2.45, 2.75) is 24.0 Å². The zero-order valence-corrected chi connectivity index (χ0v) is 18.9. The van der Waals surface area contributed by atoms with E-state index in [9.17, 15) is 14.6 Å². The van der Waals surface area contributed by atoms with E-state index in [2.05, 4.69) is 52.5 Å². The van der Waals surface area contributed by atoms with E-state index in [1.807, 2.05) is 6.07 Å². The molecule has 1 aromatic heterocycles. The van der Waals surface area contributed by atoms with Crippen LogP contribution in [0.25, 0.3) is 0 Å². The number of benzene rings is 1. The molecule has 28 heavy (non-hydrogen) atoms. The number of rotatable bonds is 8. The minimum atomic E-state index is -1.81. The Morgan fingerprint density at radius 1 is 1.43 bits per heavy atom. The molecular formula is C16H18Br2N6O3S. The first-order valence-electron chi connectivity index (χ1n) is 7.89. The van der Waals surface area contributed by atoms with Gasteiger partial charge in [0.15, 0.2) is 0 Å². The molecule has 1 heterocycles. The summed E-state index contributed by atoms with van der Waals surface area (Å²) < 4.78 is 17.8. The summed E-state index contributed by atoms with van der Waals surface area (Å²) in [6.07, 6.45) is 0.879. The van der Waals surface area contributed by atoms with Crippen LogP contribution in [0.5, 0.6) is 0 Å².